The zero-order chi connectivity index (χ0) is 19.9. The molecule has 0 aliphatic rings. The van der Waals surface area contributed by atoms with Gasteiger partial charge in [-0.2, -0.15) is 4.98 Å². The van der Waals surface area contributed by atoms with Gasteiger partial charge in [0.2, 0.25) is 5.88 Å². The van der Waals surface area contributed by atoms with Crippen molar-refractivity contribution in [3.05, 3.63) is 71.5 Å². The monoisotopic (exact) mass is 379 g/mol. The highest BCUT2D eigenvalue weighted by Gasteiger charge is 2.13. The molecule has 3 aromatic rings. The van der Waals surface area contributed by atoms with E-state index in [-0.39, 0.29) is 0 Å². The average molecular weight is 379 g/mol. The minimum absolute atomic E-state index is 0.553. The van der Waals surface area contributed by atoms with E-state index in [0.29, 0.717) is 24.8 Å². The van der Waals surface area contributed by atoms with E-state index >= 15 is 0 Å². The number of benzene rings is 2. The normalized spacial score (nSPS) is 10.4. The van der Waals surface area contributed by atoms with Crippen molar-refractivity contribution >= 4 is 5.82 Å². The summed E-state index contributed by atoms with van der Waals surface area (Å²) in [5.41, 5.74) is 2.31. The van der Waals surface area contributed by atoms with Crippen LogP contribution in [-0.2, 0) is 13.1 Å². The number of hydrogen-bond acceptors (Lipinski definition) is 6. The number of rotatable bonds is 8. The van der Waals surface area contributed by atoms with Crippen LogP contribution in [0.15, 0.2) is 54.6 Å². The average Bonchev–Trinajstić information content (AvgIpc) is 2.73. The first-order valence-corrected chi connectivity index (χ1v) is 9.01. The van der Waals surface area contributed by atoms with Crippen molar-refractivity contribution < 1.29 is 14.2 Å². The molecule has 6 heteroatoms. The Morgan fingerprint density at radius 3 is 1.64 bits per heavy atom. The van der Waals surface area contributed by atoms with E-state index in [9.17, 15) is 0 Å². The van der Waals surface area contributed by atoms with Gasteiger partial charge in [-0.25, -0.2) is 4.98 Å². The molecule has 28 heavy (non-hydrogen) atoms. The summed E-state index contributed by atoms with van der Waals surface area (Å²) < 4.78 is 15.9. The first-order valence-electron chi connectivity index (χ1n) is 9.01. The predicted octanol–water partition coefficient (Wildman–Crippen LogP) is 4.02. The molecule has 0 atom stereocenters. The van der Waals surface area contributed by atoms with E-state index in [1.807, 2.05) is 37.3 Å². The van der Waals surface area contributed by atoms with Gasteiger partial charge in [-0.1, -0.05) is 24.3 Å². The summed E-state index contributed by atoms with van der Waals surface area (Å²) in [6, 6.07) is 18.0. The summed E-state index contributed by atoms with van der Waals surface area (Å²) in [6.45, 7) is 3.25. The minimum atomic E-state index is 0.553. The topological polar surface area (TPSA) is 56.7 Å². The number of aromatic nitrogens is 2. The van der Waals surface area contributed by atoms with Crippen LogP contribution in [0, 0.1) is 6.92 Å². The van der Waals surface area contributed by atoms with E-state index in [2.05, 4.69) is 39.1 Å². The number of ether oxygens (including phenoxy) is 3. The third kappa shape index (κ3) is 4.91. The van der Waals surface area contributed by atoms with E-state index < -0.39 is 0 Å². The minimum Gasteiger partial charge on any atom is -0.497 e. The van der Waals surface area contributed by atoms with Gasteiger partial charge in [0.25, 0.3) is 0 Å². The van der Waals surface area contributed by atoms with E-state index in [4.69, 9.17) is 14.2 Å². The fourth-order valence-electron chi connectivity index (χ4n) is 2.91. The van der Waals surface area contributed by atoms with Gasteiger partial charge in [0.15, 0.2) is 0 Å². The molecule has 3 rings (SSSR count). The summed E-state index contributed by atoms with van der Waals surface area (Å²) in [5, 5.41) is 0. The smallest absolute Gasteiger partial charge is 0.218 e. The van der Waals surface area contributed by atoms with Crippen LogP contribution in [0.5, 0.6) is 17.4 Å². The van der Waals surface area contributed by atoms with Crippen LogP contribution in [0.3, 0.4) is 0 Å². The molecule has 0 unspecified atom stereocenters. The van der Waals surface area contributed by atoms with Gasteiger partial charge in [-0.05, 0) is 42.3 Å². The molecule has 146 valence electrons. The molecule has 0 saturated heterocycles. The first kappa shape index (κ1) is 19.5. The largest absolute Gasteiger partial charge is 0.497 e. The Balaban J connectivity index is 1.90. The molecule has 0 amide bonds. The SMILES string of the molecule is COc1ccc(CN(Cc2ccc(OC)cc2)c2cc(OC)nc(C)n2)cc1. The highest BCUT2D eigenvalue weighted by Crippen LogP contribution is 2.23. The second-order valence-electron chi connectivity index (χ2n) is 6.37. The van der Waals surface area contributed by atoms with Gasteiger partial charge in [0.1, 0.15) is 23.1 Å². The van der Waals surface area contributed by atoms with Crippen molar-refractivity contribution in [1.82, 2.24) is 9.97 Å². The molecule has 0 fully saturated rings. The summed E-state index contributed by atoms with van der Waals surface area (Å²) in [4.78, 5) is 11.1. The lowest BCUT2D eigenvalue weighted by molar-refractivity contribution is 0.395. The van der Waals surface area contributed by atoms with Crippen molar-refractivity contribution in [3.63, 3.8) is 0 Å². The third-order valence-corrected chi connectivity index (χ3v) is 4.40. The molecule has 0 aliphatic carbocycles. The van der Waals surface area contributed by atoms with E-state index in [0.717, 1.165) is 28.4 Å². The molecule has 0 bridgehead atoms. The van der Waals surface area contributed by atoms with E-state index in [1.165, 1.54) is 0 Å². The standard InChI is InChI=1S/C22H25N3O3/c1-16-23-21(13-22(24-16)28-4)25(14-17-5-9-19(26-2)10-6-17)15-18-7-11-20(27-3)12-8-18/h5-13H,14-15H2,1-4H3. The summed E-state index contributed by atoms with van der Waals surface area (Å²) in [5.74, 6) is 3.71. The maximum atomic E-state index is 5.34. The zero-order valence-electron chi connectivity index (χ0n) is 16.7. The third-order valence-electron chi connectivity index (χ3n) is 4.40. The number of methoxy groups -OCH3 is 3. The Hall–Kier alpha value is -3.28. The fourth-order valence-corrected chi connectivity index (χ4v) is 2.91. The Kier molecular flexibility index (Phi) is 6.32. The quantitative estimate of drug-likeness (QED) is 0.589. The summed E-state index contributed by atoms with van der Waals surface area (Å²) >= 11 is 0. The lowest BCUT2D eigenvalue weighted by atomic mass is 10.1. The second kappa shape index (κ2) is 9.08. The summed E-state index contributed by atoms with van der Waals surface area (Å²) in [7, 11) is 4.95. The molecule has 1 aromatic heterocycles. The van der Waals surface area contributed by atoms with Crippen LogP contribution in [0.25, 0.3) is 0 Å². The van der Waals surface area contributed by atoms with Crippen LogP contribution in [0.2, 0.25) is 0 Å². The Morgan fingerprint density at radius 1 is 0.714 bits per heavy atom. The van der Waals surface area contributed by atoms with Gasteiger partial charge >= 0.3 is 0 Å². The number of hydrogen-bond donors (Lipinski definition) is 0. The van der Waals surface area contributed by atoms with Crippen LogP contribution < -0.4 is 19.1 Å². The van der Waals surface area contributed by atoms with Gasteiger partial charge in [-0.15, -0.1) is 0 Å². The molecular formula is C22H25N3O3. The fraction of sp³-hybridized carbons (Fsp3) is 0.273. The van der Waals surface area contributed by atoms with Gasteiger partial charge in [0.05, 0.1) is 21.3 Å². The molecule has 6 nitrogen and oxygen atoms in total. The number of nitrogens with zero attached hydrogens (tertiary/aromatic N) is 3. The van der Waals surface area contributed by atoms with Crippen molar-refractivity contribution in [2.24, 2.45) is 0 Å². The maximum absolute atomic E-state index is 5.34. The van der Waals surface area contributed by atoms with Gasteiger partial charge in [0, 0.05) is 19.2 Å². The molecule has 0 aliphatic heterocycles. The lowest BCUT2D eigenvalue weighted by Gasteiger charge is -2.25. The van der Waals surface area contributed by atoms with Crippen LogP contribution in [-0.4, -0.2) is 31.3 Å². The molecule has 0 N–H and O–H groups in total. The number of anilines is 1. The van der Waals surface area contributed by atoms with Gasteiger partial charge in [-0.3, -0.25) is 0 Å². The number of aryl methyl sites for hydroxylation is 1. The highest BCUT2D eigenvalue weighted by molar-refractivity contribution is 5.44. The van der Waals surface area contributed by atoms with Crippen molar-refractivity contribution in [2.45, 2.75) is 20.0 Å². The highest BCUT2D eigenvalue weighted by atomic mass is 16.5. The van der Waals surface area contributed by atoms with Crippen molar-refractivity contribution in [1.29, 1.82) is 0 Å². The Labute approximate surface area is 165 Å². The van der Waals surface area contributed by atoms with Crippen LogP contribution >= 0.6 is 0 Å². The first-order chi connectivity index (χ1) is 13.6. The molecule has 0 spiro atoms. The van der Waals surface area contributed by atoms with Crippen molar-refractivity contribution in [2.75, 3.05) is 26.2 Å². The molecular weight excluding hydrogens is 354 g/mol. The Morgan fingerprint density at radius 2 is 1.21 bits per heavy atom. The predicted molar refractivity (Wildman–Crippen MR) is 109 cm³/mol. The summed E-state index contributed by atoms with van der Waals surface area (Å²) in [6.07, 6.45) is 0. The molecule has 0 saturated carbocycles. The van der Waals surface area contributed by atoms with Crippen LogP contribution in [0.4, 0.5) is 5.82 Å². The second-order valence-corrected chi connectivity index (χ2v) is 6.37. The molecule has 0 radical (unpaired) electrons. The molecule has 1 heterocycles. The molecule has 2 aromatic carbocycles. The van der Waals surface area contributed by atoms with Gasteiger partial charge < -0.3 is 19.1 Å². The Bertz CT molecular complexity index is 846. The van der Waals surface area contributed by atoms with Crippen LogP contribution in [0.1, 0.15) is 17.0 Å². The zero-order valence-corrected chi connectivity index (χ0v) is 16.7. The maximum Gasteiger partial charge on any atom is 0.218 e. The van der Waals surface area contributed by atoms with Crippen molar-refractivity contribution in [3.8, 4) is 17.4 Å². The lowest BCUT2D eigenvalue weighted by Crippen LogP contribution is -2.23. The van der Waals surface area contributed by atoms with E-state index in [1.54, 1.807) is 21.3 Å².